The molecule has 0 spiro atoms. The summed E-state index contributed by atoms with van der Waals surface area (Å²) in [6.45, 7) is 0.747. The van der Waals surface area contributed by atoms with E-state index in [2.05, 4.69) is 5.32 Å². The number of hydrogen-bond donors (Lipinski definition) is 2. The number of carbonyl (C=O) groups is 2. The van der Waals surface area contributed by atoms with Crippen LogP contribution in [0.5, 0.6) is 0 Å². The van der Waals surface area contributed by atoms with Crippen LogP contribution in [0.25, 0.3) is 0 Å². The highest BCUT2D eigenvalue weighted by atomic mass is 32.1. The van der Waals surface area contributed by atoms with Gasteiger partial charge in [-0.15, -0.1) is 11.3 Å². The molecule has 2 aliphatic carbocycles. The van der Waals surface area contributed by atoms with Gasteiger partial charge in [-0.05, 0) is 49.1 Å². The Morgan fingerprint density at radius 3 is 2.50 bits per heavy atom. The van der Waals surface area contributed by atoms with E-state index in [1.807, 2.05) is 0 Å². The summed E-state index contributed by atoms with van der Waals surface area (Å²) in [7, 11) is 0. The third-order valence-corrected chi connectivity index (χ3v) is 5.05. The van der Waals surface area contributed by atoms with Crippen LogP contribution < -0.4 is 5.32 Å². The Morgan fingerprint density at radius 2 is 2.00 bits per heavy atom. The molecular weight excluding hydrogens is 250 g/mol. The fourth-order valence-electron chi connectivity index (χ4n) is 2.50. The lowest BCUT2D eigenvalue weighted by atomic mass is 10.0. The van der Waals surface area contributed by atoms with E-state index in [0.29, 0.717) is 10.3 Å². The van der Waals surface area contributed by atoms with Crippen molar-refractivity contribution in [3.63, 3.8) is 0 Å². The number of nitrogens with one attached hydrogen (secondary N) is 1. The molecule has 0 atom stereocenters. The van der Waals surface area contributed by atoms with Gasteiger partial charge in [0.1, 0.15) is 4.88 Å². The van der Waals surface area contributed by atoms with Crippen LogP contribution in [0, 0.1) is 11.3 Å². The number of thiophene rings is 1. The maximum absolute atomic E-state index is 11.9. The third-order valence-electron chi connectivity index (χ3n) is 3.98. The normalized spacial score (nSPS) is 20.4. The van der Waals surface area contributed by atoms with Crippen LogP contribution in [0.2, 0.25) is 0 Å². The number of amides is 1. The van der Waals surface area contributed by atoms with Gasteiger partial charge in [0.25, 0.3) is 5.91 Å². The van der Waals surface area contributed by atoms with Crippen LogP contribution in [-0.2, 0) is 0 Å². The van der Waals surface area contributed by atoms with Crippen LogP contribution >= 0.6 is 11.3 Å². The maximum atomic E-state index is 11.9. The first-order valence-corrected chi connectivity index (χ1v) is 7.04. The third kappa shape index (κ3) is 2.14. The molecule has 0 saturated heterocycles. The van der Waals surface area contributed by atoms with E-state index in [1.165, 1.54) is 31.7 Å². The monoisotopic (exact) mass is 265 g/mol. The summed E-state index contributed by atoms with van der Waals surface area (Å²) in [5.41, 5.74) is 0.378. The van der Waals surface area contributed by atoms with Gasteiger partial charge in [0.15, 0.2) is 0 Å². The van der Waals surface area contributed by atoms with E-state index >= 15 is 0 Å². The molecule has 3 rings (SSSR count). The lowest BCUT2D eigenvalue weighted by Crippen LogP contribution is -2.30. The van der Waals surface area contributed by atoms with E-state index in [1.54, 1.807) is 6.07 Å². The van der Waals surface area contributed by atoms with Crippen LogP contribution in [-0.4, -0.2) is 23.5 Å². The topological polar surface area (TPSA) is 66.4 Å². The van der Waals surface area contributed by atoms with Crippen LogP contribution in [0.15, 0.2) is 12.1 Å². The van der Waals surface area contributed by atoms with Gasteiger partial charge in [-0.2, -0.15) is 0 Å². The highest BCUT2D eigenvalue weighted by Gasteiger charge is 2.53. The summed E-state index contributed by atoms with van der Waals surface area (Å²) in [5, 5.41) is 11.8. The molecule has 0 radical (unpaired) electrons. The van der Waals surface area contributed by atoms with E-state index in [0.717, 1.165) is 23.8 Å². The first kappa shape index (κ1) is 11.7. The van der Waals surface area contributed by atoms with Crippen molar-refractivity contribution in [2.75, 3.05) is 6.54 Å². The zero-order chi connectivity index (χ0) is 12.8. The molecule has 2 aliphatic rings. The van der Waals surface area contributed by atoms with E-state index < -0.39 is 5.97 Å². The van der Waals surface area contributed by atoms with Crippen molar-refractivity contribution in [3.8, 4) is 0 Å². The molecule has 5 heteroatoms. The van der Waals surface area contributed by atoms with Gasteiger partial charge in [0, 0.05) is 6.54 Å². The number of carbonyl (C=O) groups excluding carboxylic acids is 1. The summed E-state index contributed by atoms with van der Waals surface area (Å²) in [6, 6.07) is 3.07. The zero-order valence-electron chi connectivity index (χ0n) is 9.94. The molecule has 1 amide bonds. The molecule has 18 heavy (non-hydrogen) atoms. The molecule has 0 aliphatic heterocycles. The maximum Gasteiger partial charge on any atom is 0.345 e. The number of carboxylic acids is 1. The van der Waals surface area contributed by atoms with Crippen molar-refractivity contribution in [1.29, 1.82) is 0 Å². The Labute approximate surface area is 109 Å². The van der Waals surface area contributed by atoms with Gasteiger partial charge in [0.05, 0.1) is 4.88 Å². The molecule has 0 bridgehead atoms. The predicted molar refractivity (Wildman–Crippen MR) is 68.0 cm³/mol. The molecule has 1 aromatic heterocycles. The minimum Gasteiger partial charge on any atom is -0.477 e. The van der Waals surface area contributed by atoms with Crippen molar-refractivity contribution >= 4 is 23.2 Å². The quantitative estimate of drug-likeness (QED) is 0.859. The Morgan fingerprint density at radius 1 is 1.33 bits per heavy atom. The predicted octanol–water partition coefficient (Wildman–Crippen LogP) is 2.37. The van der Waals surface area contributed by atoms with Crippen molar-refractivity contribution < 1.29 is 14.7 Å². The lowest BCUT2D eigenvalue weighted by Gasteiger charge is -2.14. The summed E-state index contributed by atoms with van der Waals surface area (Å²) in [4.78, 5) is 23.3. The van der Waals surface area contributed by atoms with Crippen molar-refractivity contribution in [3.05, 3.63) is 21.9 Å². The molecule has 1 heterocycles. The Bertz CT molecular complexity index is 500. The Kier molecular flexibility index (Phi) is 2.66. The molecule has 2 fully saturated rings. The molecule has 96 valence electrons. The second-order valence-corrected chi connectivity index (χ2v) is 6.37. The number of carboxylic acid groups (broad SMARTS) is 1. The highest BCUT2D eigenvalue weighted by molar-refractivity contribution is 7.15. The summed E-state index contributed by atoms with van der Waals surface area (Å²) >= 11 is 1.03. The number of aromatic carboxylic acids is 1. The first-order valence-electron chi connectivity index (χ1n) is 6.22. The van der Waals surface area contributed by atoms with E-state index in [4.69, 9.17) is 5.11 Å². The summed E-state index contributed by atoms with van der Waals surface area (Å²) in [6.07, 6.45) is 5.06. The first-order chi connectivity index (χ1) is 8.61. The molecule has 1 aromatic rings. The van der Waals surface area contributed by atoms with Gasteiger partial charge in [-0.25, -0.2) is 4.79 Å². The molecular formula is C13H15NO3S. The minimum atomic E-state index is -0.976. The summed E-state index contributed by atoms with van der Waals surface area (Å²) < 4.78 is 0. The van der Waals surface area contributed by atoms with Crippen molar-refractivity contribution in [2.45, 2.75) is 25.7 Å². The average Bonchev–Trinajstić information content (AvgIpc) is 3.23. The van der Waals surface area contributed by atoms with Gasteiger partial charge < -0.3 is 10.4 Å². The molecule has 2 N–H and O–H groups in total. The second-order valence-electron chi connectivity index (χ2n) is 5.29. The van der Waals surface area contributed by atoms with Crippen LogP contribution in [0.1, 0.15) is 45.0 Å². The SMILES string of the molecule is O=C(O)c1ccc(C(=O)NCC2(C3CC3)CC2)s1. The smallest absolute Gasteiger partial charge is 0.345 e. The average molecular weight is 265 g/mol. The van der Waals surface area contributed by atoms with Gasteiger partial charge >= 0.3 is 5.97 Å². The zero-order valence-corrected chi connectivity index (χ0v) is 10.8. The fraction of sp³-hybridized carbons (Fsp3) is 0.538. The number of rotatable bonds is 5. The molecule has 2 saturated carbocycles. The van der Waals surface area contributed by atoms with Crippen molar-refractivity contribution in [2.24, 2.45) is 11.3 Å². The highest BCUT2D eigenvalue weighted by Crippen LogP contribution is 2.60. The van der Waals surface area contributed by atoms with Crippen LogP contribution in [0.4, 0.5) is 0 Å². The fourth-order valence-corrected chi connectivity index (χ4v) is 3.27. The lowest BCUT2D eigenvalue weighted by molar-refractivity contribution is 0.0702. The number of hydrogen-bond acceptors (Lipinski definition) is 3. The standard InChI is InChI=1S/C13H15NO3S/c15-11(9-3-4-10(18-9)12(16)17)14-7-13(5-6-13)8-1-2-8/h3-4,8H,1-2,5-7H2,(H,14,15)(H,16,17). The van der Waals surface area contributed by atoms with Crippen LogP contribution in [0.3, 0.4) is 0 Å². The van der Waals surface area contributed by atoms with Crippen molar-refractivity contribution in [1.82, 2.24) is 5.32 Å². The van der Waals surface area contributed by atoms with Gasteiger partial charge in [-0.3, -0.25) is 4.79 Å². The van der Waals surface area contributed by atoms with E-state index in [9.17, 15) is 9.59 Å². The largest absolute Gasteiger partial charge is 0.477 e. The Hall–Kier alpha value is -1.36. The van der Waals surface area contributed by atoms with E-state index in [-0.39, 0.29) is 10.8 Å². The molecule has 4 nitrogen and oxygen atoms in total. The molecule has 0 unspecified atom stereocenters. The second kappa shape index (κ2) is 4.09. The minimum absolute atomic E-state index is 0.139. The van der Waals surface area contributed by atoms with Gasteiger partial charge in [-0.1, -0.05) is 0 Å². The van der Waals surface area contributed by atoms with Gasteiger partial charge in [0.2, 0.25) is 0 Å². The Balaban J connectivity index is 1.59. The molecule has 0 aromatic carbocycles. The summed E-state index contributed by atoms with van der Waals surface area (Å²) in [5.74, 6) is -0.300.